The van der Waals surface area contributed by atoms with Gasteiger partial charge in [-0.2, -0.15) is 0 Å². The molecular formula is C18H22FN3O. The molecule has 3 rings (SSSR count). The van der Waals surface area contributed by atoms with E-state index < -0.39 is 0 Å². The number of carbonyl (C=O) groups is 1. The van der Waals surface area contributed by atoms with Crippen molar-refractivity contribution in [3.05, 3.63) is 53.9 Å². The summed E-state index contributed by atoms with van der Waals surface area (Å²) in [4.78, 5) is 19.2. The lowest BCUT2D eigenvalue weighted by molar-refractivity contribution is -0.120. The molecule has 1 heterocycles. The summed E-state index contributed by atoms with van der Waals surface area (Å²) in [7, 11) is 0. The molecule has 2 N–H and O–H groups in total. The third kappa shape index (κ3) is 3.78. The number of amides is 1. The van der Waals surface area contributed by atoms with Gasteiger partial charge in [0.1, 0.15) is 11.6 Å². The topological polar surface area (TPSA) is 57.8 Å². The number of hydrogen-bond donors (Lipinski definition) is 2. The van der Waals surface area contributed by atoms with Gasteiger partial charge < -0.3 is 10.3 Å². The molecule has 0 spiro atoms. The smallest absolute Gasteiger partial charge is 0.227 e. The summed E-state index contributed by atoms with van der Waals surface area (Å²) >= 11 is 0. The quantitative estimate of drug-likeness (QED) is 0.890. The Morgan fingerprint density at radius 1 is 1.22 bits per heavy atom. The zero-order chi connectivity index (χ0) is 16.1. The molecular weight excluding hydrogens is 293 g/mol. The van der Waals surface area contributed by atoms with Gasteiger partial charge in [0.2, 0.25) is 5.91 Å². The Balaban J connectivity index is 1.69. The number of H-pyrrole nitrogens is 1. The molecule has 1 amide bonds. The molecule has 122 valence electrons. The lowest BCUT2D eigenvalue weighted by Gasteiger charge is -2.38. The largest absolute Gasteiger partial charge is 0.355 e. The highest BCUT2D eigenvalue weighted by Crippen LogP contribution is 2.39. The van der Waals surface area contributed by atoms with E-state index in [9.17, 15) is 9.18 Å². The van der Waals surface area contributed by atoms with Crippen molar-refractivity contribution in [1.29, 1.82) is 0 Å². The van der Waals surface area contributed by atoms with Crippen LogP contribution in [0.1, 0.15) is 43.5 Å². The first-order chi connectivity index (χ1) is 11.2. The van der Waals surface area contributed by atoms with E-state index in [1.54, 1.807) is 12.4 Å². The minimum atomic E-state index is -0.221. The van der Waals surface area contributed by atoms with Crippen molar-refractivity contribution in [2.75, 3.05) is 6.54 Å². The van der Waals surface area contributed by atoms with Crippen LogP contribution in [0.25, 0.3) is 0 Å². The lowest BCUT2D eigenvalue weighted by atomic mass is 9.69. The number of aromatic nitrogens is 2. The van der Waals surface area contributed by atoms with Crippen molar-refractivity contribution in [1.82, 2.24) is 15.3 Å². The first-order valence-electron chi connectivity index (χ1n) is 8.19. The van der Waals surface area contributed by atoms with Crippen LogP contribution in [0.3, 0.4) is 0 Å². The standard InChI is InChI=1S/C18H22FN3O/c19-15-6-4-14(5-7-15)18(8-2-1-3-9-18)13-22-17(23)12-16-20-10-11-21-16/h4-7,10-11H,1-3,8-9,12-13H2,(H,20,21)(H,22,23). The second-order valence-electron chi connectivity index (χ2n) is 6.34. The molecule has 0 saturated heterocycles. The van der Waals surface area contributed by atoms with Crippen LogP contribution < -0.4 is 5.32 Å². The SMILES string of the molecule is O=C(Cc1ncc[nH]1)NCC1(c2ccc(F)cc2)CCCCC1. The Hall–Kier alpha value is -2.17. The van der Waals surface area contributed by atoms with Gasteiger partial charge in [-0.05, 0) is 30.5 Å². The normalized spacial score (nSPS) is 16.9. The fraction of sp³-hybridized carbons (Fsp3) is 0.444. The van der Waals surface area contributed by atoms with Gasteiger partial charge >= 0.3 is 0 Å². The average Bonchev–Trinajstić information content (AvgIpc) is 3.07. The monoisotopic (exact) mass is 315 g/mol. The summed E-state index contributed by atoms with van der Waals surface area (Å²) in [5.41, 5.74) is 1.04. The molecule has 1 aliphatic carbocycles. The van der Waals surface area contributed by atoms with Gasteiger partial charge in [-0.3, -0.25) is 4.79 Å². The highest BCUT2D eigenvalue weighted by atomic mass is 19.1. The van der Waals surface area contributed by atoms with Gasteiger partial charge in [-0.25, -0.2) is 9.37 Å². The van der Waals surface area contributed by atoms with E-state index in [4.69, 9.17) is 0 Å². The van der Waals surface area contributed by atoms with E-state index in [1.807, 2.05) is 12.1 Å². The van der Waals surface area contributed by atoms with Gasteiger partial charge in [-0.1, -0.05) is 31.4 Å². The Morgan fingerprint density at radius 3 is 2.61 bits per heavy atom. The van der Waals surface area contributed by atoms with Crippen LogP contribution in [0.2, 0.25) is 0 Å². The predicted octanol–water partition coefficient (Wildman–Crippen LogP) is 3.11. The number of carbonyl (C=O) groups excluding carboxylic acids is 1. The maximum atomic E-state index is 13.2. The molecule has 0 unspecified atom stereocenters. The van der Waals surface area contributed by atoms with Crippen molar-refractivity contribution < 1.29 is 9.18 Å². The van der Waals surface area contributed by atoms with Crippen LogP contribution in [0, 0.1) is 5.82 Å². The van der Waals surface area contributed by atoms with E-state index >= 15 is 0 Å². The number of nitrogens with one attached hydrogen (secondary N) is 2. The zero-order valence-electron chi connectivity index (χ0n) is 13.1. The number of rotatable bonds is 5. The first kappa shape index (κ1) is 15.7. The summed E-state index contributed by atoms with van der Waals surface area (Å²) in [6, 6.07) is 6.74. The van der Waals surface area contributed by atoms with Crippen molar-refractivity contribution in [3.63, 3.8) is 0 Å². The van der Waals surface area contributed by atoms with E-state index in [-0.39, 0.29) is 23.6 Å². The molecule has 1 aromatic carbocycles. The van der Waals surface area contributed by atoms with Crippen LogP contribution in [-0.2, 0) is 16.6 Å². The van der Waals surface area contributed by atoms with E-state index in [1.165, 1.54) is 18.6 Å². The lowest BCUT2D eigenvalue weighted by Crippen LogP contribution is -2.42. The van der Waals surface area contributed by atoms with E-state index in [2.05, 4.69) is 15.3 Å². The molecule has 5 heteroatoms. The van der Waals surface area contributed by atoms with Crippen molar-refractivity contribution in [3.8, 4) is 0 Å². The number of benzene rings is 1. The minimum Gasteiger partial charge on any atom is -0.355 e. The maximum absolute atomic E-state index is 13.2. The number of halogens is 1. The number of nitrogens with zero attached hydrogens (tertiary/aromatic N) is 1. The predicted molar refractivity (Wildman–Crippen MR) is 86.5 cm³/mol. The van der Waals surface area contributed by atoms with Crippen molar-refractivity contribution >= 4 is 5.91 Å². The number of imidazole rings is 1. The Bertz CT molecular complexity index is 631. The zero-order valence-corrected chi connectivity index (χ0v) is 13.1. The van der Waals surface area contributed by atoms with Crippen LogP contribution in [0.5, 0.6) is 0 Å². The molecule has 0 bridgehead atoms. The fourth-order valence-electron chi connectivity index (χ4n) is 3.48. The van der Waals surface area contributed by atoms with E-state index in [0.29, 0.717) is 12.4 Å². The summed E-state index contributed by atoms with van der Waals surface area (Å²) in [5.74, 6) is 0.413. The minimum absolute atomic E-state index is 0.0352. The highest BCUT2D eigenvalue weighted by Gasteiger charge is 2.34. The molecule has 0 atom stereocenters. The molecule has 1 aromatic heterocycles. The maximum Gasteiger partial charge on any atom is 0.227 e. The summed E-state index contributed by atoms with van der Waals surface area (Å²) in [6.45, 7) is 0.595. The van der Waals surface area contributed by atoms with Crippen LogP contribution >= 0.6 is 0 Å². The molecule has 2 aromatic rings. The Kier molecular flexibility index (Phi) is 4.74. The summed E-state index contributed by atoms with van der Waals surface area (Å²) < 4.78 is 13.2. The second-order valence-corrected chi connectivity index (χ2v) is 6.34. The first-order valence-corrected chi connectivity index (χ1v) is 8.19. The highest BCUT2D eigenvalue weighted by molar-refractivity contribution is 5.77. The molecule has 23 heavy (non-hydrogen) atoms. The molecule has 4 nitrogen and oxygen atoms in total. The van der Waals surface area contributed by atoms with Crippen LogP contribution in [0.4, 0.5) is 4.39 Å². The Labute approximate surface area is 135 Å². The molecule has 1 aliphatic rings. The molecule has 0 aliphatic heterocycles. The van der Waals surface area contributed by atoms with Gasteiger partial charge in [0, 0.05) is 24.4 Å². The van der Waals surface area contributed by atoms with Gasteiger partial charge in [0.25, 0.3) is 0 Å². The van der Waals surface area contributed by atoms with Gasteiger partial charge in [0.05, 0.1) is 6.42 Å². The average molecular weight is 315 g/mol. The molecule has 0 radical (unpaired) electrons. The number of aromatic amines is 1. The van der Waals surface area contributed by atoms with Crippen LogP contribution in [-0.4, -0.2) is 22.4 Å². The summed E-state index contributed by atoms with van der Waals surface area (Å²) in [6.07, 6.45) is 9.18. The van der Waals surface area contributed by atoms with Crippen molar-refractivity contribution in [2.45, 2.75) is 43.9 Å². The fourth-order valence-corrected chi connectivity index (χ4v) is 3.48. The second kappa shape index (κ2) is 6.94. The van der Waals surface area contributed by atoms with Crippen molar-refractivity contribution in [2.24, 2.45) is 0 Å². The molecule has 1 saturated carbocycles. The molecule has 1 fully saturated rings. The third-order valence-electron chi connectivity index (χ3n) is 4.77. The number of hydrogen-bond acceptors (Lipinski definition) is 2. The Morgan fingerprint density at radius 2 is 1.96 bits per heavy atom. The summed E-state index contributed by atoms with van der Waals surface area (Å²) in [5, 5.41) is 3.05. The van der Waals surface area contributed by atoms with Gasteiger partial charge in [-0.15, -0.1) is 0 Å². The third-order valence-corrected chi connectivity index (χ3v) is 4.77. The van der Waals surface area contributed by atoms with Crippen LogP contribution in [0.15, 0.2) is 36.7 Å². The van der Waals surface area contributed by atoms with Gasteiger partial charge in [0.15, 0.2) is 0 Å². The van der Waals surface area contributed by atoms with E-state index in [0.717, 1.165) is 31.2 Å².